The molecule has 2 heteroatoms. The Morgan fingerprint density at radius 3 is 2.62 bits per heavy atom. The maximum Gasteiger partial charge on any atom is 0.126 e. The summed E-state index contributed by atoms with van der Waals surface area (Å²) < 4.78 is 13.5. The predicted molar refractivity (Wildman–Crippen MR) is 65.1 cm³/mol. The third-order valence-corrected chi connectivity index (χ3v) is 3.81. The molecule has 88 valence electrons. The largest absolute Gasteiger partial charge is 0.317 e. The topological polar surface area (TPSA) is 12.0 Å². The van der Waals surface area contributed by atoms with Crippen LogP contribution in [0.1, 0.15) is 36.8 Å². The van der Waals surface area contributed by atoms with Gasteiger partial charge in [0.2, 0.25) is 0 Å². The van der Waals surface area contributed by atoms with Crippen LogP contribution in [-0.4, -0.2) is 13.1 Å². The van der Waals surface area contributed by atoms with E-state index in [1.165, 1.54) is 12.8 Å². The molecule has 1 saturated heterocycles. The van der Waals surface area contributed by atoms with Gasteiger partial charge in [-0.25, -0.2) is 4.39 Å². The van der Waals surface area contributed by atoms with Crippen LogP contribution in [0.15, 0.2) is 18.2 Å². The molecule has 2 rings (SSSR count). The van der Waals surface area contributed by atoms with Crippen molar-refractivity contribution in [3.63, 3.8) is 0 Å². The fourth-order valence-corrected chi connectivity index (χ4v) is 2.51. The zero-order valence-electron chi connectivity index (χ0n) is 10.1. The molecule has 0 aromatic heterocycles. The van der Waals surface area contributed by atoms with Crippen molar-refractivity contribution in [1.82, 2.24) is 5.32 Å². The van der Waals surface area contributed by atoms with Gasteiger partial charge in [0.15, 0.2) is 0 Å². The Morgan fingerprint density at radius 1 is 1.31 bits per heavy atom. The summed E-state index contributed by atoms with van der Waals surface area (Å²) in [5, 5.41) is 3.37. The molecular weight excluding hydrogens is 201 g/mol. The van der Waals surface area contributed by atoms with Gasteiger partial charge in [0.05, 0.1) is 0 Å². The van der Waals surface area contributed by atoms with E-state index >= 15 is 0 Å². The van der Waals surface area contributed by atoms with Crippen molar-refractivity contribution in [1.29, 1.82) is 0 Å². The van der Waals surface area contributed by atoms with Crippen LogP contribution in [-0.2, 0) is 0 Å². The molecule has 1 nitrogen and oxygen atoms in total. The Balaban J connectivity index is 2.12. The Morgan fingerprint density at radius 2 is 2.00 bits per heavy atom. The van der Waals surface area contributed by atoms with Crippen LogP contribution in [0.3, 0.4) is 0 Å². The molecule has 1 fully saturated rings. The molecule has 1 aliphatic rings. The summed E-state index contributed by atoms with van der Waals surface area (Å²) in [6, 6.07) is 5.68. The zero-order valence-corrected chi connectivity index (χ0v) is 10.1. The third-order valence-electron chi connectivity index (χ3n) is 3.81. The highest BCUT2D eigenvalue weighted by molar-refractivity contribution is 5.26. The molecule has 1 aromatic carbocycles. The van der Waals surface area contributed by atoms with Gasteiger partial charge in [0.1, 0.15) is 5.82 Å². The van der Waals surface area contributed by atoms with Crippen molar-refractivity contribution in [3.8, 4) is 0 Å². The van der Waals surface area contributed by atoms with E-state index in [4.69, 9.17) is 0 Å². The van der Waals surface area contributed by atoms with Crippen LogP contribution in [0.5, 0.6) is 0 Å². The highest BCUT2D eigenvalue weighted by Crippen LogP contribution is 2.31. The second-order valence-corrected chi connectivity index (χ2v) is 4.88. The summed E-state index contributed by atoms with van der Waals surface area (Å²) in [4.78, 5) is 0. The SMILES string of the molecule is Cc1ccc(C(C)C2CCNCC2)cc1F. The third kappa shape index (κ3) is 2.43. The Hall–Kier alpha value is -0.890. The standard InChI is InChI=1S/C14H20FN/c1-10-3-4-13(9-14(10)15)11(2)12-5-7-16-8-6-12/h3-4,9,11-12,16H,5-8H2,1-2H3. The number of piperidine rings is 1. The number of hydrogen-bond acceptors (Lipinski definition) is 1. The van der Waals surface area contributed by atoms with Gasteiger partial charge in [-0.05, 0) is 61.9 Å². The minimum absolute atomic E-state index is 0.0710. The fraction of sp³-hybridized carbons (Fsp3) is 0.571. The van der Waals surface area contributed by atoms with Crippen molar-refractivity contribution in [3.05, 3.63) is 35.1 Å². The lowest BCUT2D eigenvalue weighted by atomic mass is 9.81. The summed E-state index contributed by atoms with van der Waals surface area (Å²) in [5.74, 6) is 1.10. The molecule has 0 radical (unpaired) electrons. The Bertz CT molecular complexity index is 356. The van der Waals surface area contributed by atoms with Gasteiger partial charge in [-0.3, -0.25) is 0 Å². The van der Waals surface area contributed by atoms with E-state index in [-0.39, 0.29) is 5.82 Å². The van der Waals surface area contributed by atoms with Crippen LogP contribution in [0, 0.1) is 18.7 Å². The minimum atomic E-state index is -0.0710. The van der Waals surface area contributed by atoms with E-state index in [1.807, 2.05) is 13.0 Å². The number of rotatable bonds is 2. The normalized spacial score (nSPS) is 19.7. The van der Waals surface area contributed by atoms with Crippen molar-refractivity contribution in [2.24, 2.45) is 5.92 Å². The molecule has 0 aliphatic carbocycles. The average Bonchev–Trinajstić information content (AvgIpc) is 2.33. The minimum Gasteiger partial charge on any atom is -0.317 e. The van der Waals surface area contributed by atoms with Crippen LogP contribution < -0.4 is 5.32 Å². The second-order valence-electron chi connectivity index (χ2n) is 4.88. The van der Waals surface area contributed by atoms with Crippen LogP contribution >= 0.6 is 0 Å². The van der Waals surface area contributed by atoms with E-state index in [9.17, 15) is 4.39 Å². The van der Waals surface area contributed by atoms with Crippen molar-refractivity contribution >= 4 is 0 Å². The van der Waals surface area contributed by atoms with E-state index in [2.05, 4.69) is 18.3 Å². The Kier molecular flexibility index (Phi) is 3.59. The van der Waals surface area contributed by atoms with E-state index in [0.29, 0.717) is 11.8 Å². The fourth-order valence-electron chi connectivity index (χ4n) is 2.51. The number of aryl methyl sites for hydroxylation is 1. The quantitative estimate of drug-likeness (QED) is 0.808. The maximum absolute atomic E-state index is 13.5. The molecule has 1 unspecified atom stereocenters. The monoisotopic (exact) mass is 221 g/mol. The lowest BCUT2D eigenvalue weighted by molar-refractivity contribution is 0.330. The Labute approximate surface area is 97.1 Å². The van der Waals surface area contributed by atoms with Crippen LogP contribution in [0.2, 0.25) is 0 Å². The molecule has 1 atom stereocenters. The summed E-state index contributed by atoms with van der Waals surface area (Å²) in [6.07, 6.45) is 2.41. The zero-order chi connectivity index (χ0) is 11.5. The molecule has 0 bridgehead atoms. The summed E-state index contributed by atoms with van der Waals surface area (Å²) in [7, 11) is 0. The van der Waals surface area contributed by atoms with Gasteiger partial charge in [-0.1, -0.05) is 19.1 Å². The van der Waals surface area contributed by atoms with Gasteiger partial charge in [0.25, 0.3) is 0 Å². The number of halogens is 1. The summed E-state index contributed by atoms with van der Waals surface area (Å²) in [5.41, 5.74) is 1.89. The van der Waals surface area contributed by atoms with E-state index < -0.39 is 0 Å². The predicted octanol–water partition coefficient (Wildman–Crippen LogP) is 3.24. The number of nitrogens with one attached hydrogen (secondary N) is 1. The maximum atomic E-state index is 13.5. The lowest BCUT2D eigenvalue weighted by Gasteiger charge is -2.28. The van der Waals surface area contributed by atoms with E-state index in [1.54, 1.807) is 6.07 Å². The molecule has 1 aromatic rings. The van der Waals surface area contributed by atoms with Crippen molar-refractivity contribution in [2.75, 3.05) is 13.1 Å². The lowest BCUT2D eigenvalue weighted by Crippen LogP contribution is -2.30. The first-order valence-electron chi connectivity index (χ1n) is 6.15. The first-order chi connectivity index (χ1) is 7.68. The molecule has 0 amide bonds. The van der Waals surface area contributed by atoms with Crippen molar-refractivity contribution in [2.45, 2.75) is 32.6 Å². The average molecular weight is 221 g/mol. The van der Waals surface area contributed by atoms with Gasteiger partial charge in [0, 0.05) is 0 Å². The van der Waals surface area contributed by atoms with Gasteiger partial charge in [-0.2, -0.15) is 0 Å². The van der Waals surface area contributed by atoms with Crippen LogP contribution in [0.25, 0.3) is 0 Å². The van der Waals surface area contributed by atoms with Crippen molar-refractivity contribution < 1.29 is 4.39 Å². The van der Waals surface area contributed by atoms with Gasteiger partial charge in [-0.15, -0.1) is 0 Å². The van der Waals surface area contributed by atoms with Gasteiger partial charge < -0.3 is 5.32 Å². The van der Waals surface area contributed by atoms with Gasteiger partial charge >= 0.3 is 0 Å². The summed E-state index contributed by atoms with van der Waals surface area (Å²) >= 11 is 0. The van der Waals surface area contributed by atoms with Crippen LogP contribution in [0.4, 0.5) is 4.39 Å². The number of hydrogen-bond donors (Lipinski definition) is 1. The summed E-state index contributed by atoms with van der Waals surface area (Å²) in [6.45, 7) is 6.24. The van der Waals surface area contributed by atoms with E-state index in [0.717, 1.165) is 24.2 Å². The number of benzene rings is 1. The smallest absolute Gasteiger partial charge is 0.126 e. The molecule has 1 heterocycles. The molecule has 0 spiro atoms. The molecule has 16 heavy (non-hydrogen) atoms. The highest BCUT2D eigenvalue weighted by atomic mass is 19.1. The molecule has 1 aliphatic heterocycles. The highest BCUT2D eigenvalue weighted by Gasteiger charge is 2.21. The molecular formula is C14H20FN. The first-order valence-corrected chi connectivity index (χ1v) is 6.15. The second kappa shape index (κ2) is 4.96. The first kappa shape index (κ1) is 11.6. The molecule has 0 saturated carbocycles. The molecule has 1 N–H and O–H groups in total.